The fourth-order valence-electron chi connectivity index (χ4n) is 5.25. The minimum absolute atomic E-state index is 0.174. The minimum atomic E-state index is -1.05. The highest BCUT2D eigenvalue weighted by Gasteiger charge is 2.50. The summed E-state index contributed by atoms with van der Waals surface area (Å²) in [6.07, 6.45) is -1.39. The molecule has 5 atom stereocenters. The Hall–Kier alpha value is -4.11. The van der Waals surface area contributed by atoms with Crippen LogP contribution < -0.4 is 0 Å². The molecule has 1 fully saturated rings. The van der Waals surface area contributed by atoms with Crippen LogP contribution in [-0.4, -0.2) is 43.3 Å². The normalized spacial score (nSPS) is 21.0. The fourth-order valence-corrected chi connectivity index (χ4v) is 5.25. The van der Waals surface area contributed by atoms with Crippen molar-refractivity contribution < 1.29 is 33.2 Å². The number of rotatable bonds is 17. The summed E-state index contributed by atoms with van der Waals surface area (Å²) >= 11 is 0. The van der Waals surface area contributed by atoms with Gasteiger partial charge in [-0.2, -0.15) is 0 Å². The molecular weight excluding hydrogens is 580 g/mol. The van der Waals surface area contributed by atoms with E-state index in [4.69, 9.17) is 28.4 Å². The highest BCUT2D eigenvalue weighted by atomic mass is 16.7. The van der Waals surface area contributed by atoms with Crippen LogP contribution in [0.4, 0.5) is 0 Å². The van der Waals surface area contributed by atoms with E-state index >= 15 is 0 Å². The maximum atomic E-state index is 13.0. The van der Waals surface area contributed by atoms with Gasteiger partial charge >= 0.3 is 5.97 Å². The van der Waals surface area contributed by atoms with Gasteiger partial charge in [0, 0.05) is 6.42 Å². The first-order chi connectivity index (χ1) is 22.7. The van der Waals surface area contributed by atoms with E-state index in [9.17, 15) is 4.79 Å². The molecule has 7 nitrogen and oxygen atoms in total. The molecule has 0 radical (unpaired) electrons. The lowest BCUT2D eigenvalue weighted by Crippen LogP contribution is -2.62. The van der Waals surface area contributed by atoms with Crippen LogP contribution in [0.2, 0.25) is 0 Å². The van der Waals surface area contributed by atoms with Crippen LogP contribution >= 0.6 is 0 Å². The second kappa shape index (κ2) is 18.1. The van der Waals surface area contributed by atoms with E-state index in [1.807, 2.05) is 121 Å². The predicted octanol–water partition coefficient (Wildman–Crippen LogP) is 7.19. The summed E-state index contributed by atoms with van der Waals surface area (Å²) in [5.74, 6) is -0.410. The van der Waals surface area contributed by atoms with Gasteiger partial charge in [0.1, 0.15) is 24.4 Å². The lowest BCUT2D eigenvalue weighted by molar-refractivity contribution is -0.320. The third-order valence-electron chi connectivity index (χ3n) is 7.64. The van der Waals surface area contributed by atoms with E-state index in [0.717, 1.165) is 22.3 Å². The lowest BCUT2D eigenvalue weighted by Gasteiger charge is -2.45. The molecule has 5 rings (SSSR count). The van der Waals surface area contributed by atoms with Crippen molar-refractivity contribution in [3.8, 4) is 0 Å². The summed E-state index contributed by atoms with van der Waals surface area (Å²) in [5.41, 5.74) is 4.01. The van der Waals surface area contributed by atoms with Crippen LogP contribution in [0, 0.1) is 0 Å². The smallest absolute Gasteiger partial charge is 0.308 e. The van der Waals surface area contributed by atoms with E-state index in [1.165, 1.54) is 0 Å². The first-order valence-corrected chi connectivity index (χ1v) is 15.7. The molecule has 7 heteroatoms. The molecule has 1 aliphatic heterocycles. The second-order valence-corrected chi connectivity index (χ2v) is 11.1. The average molecular weight is 623 g/mol. The van der Waals surface area contributed by atoms with Gasteiger partial charge in [0.25, 0.3) is 0 Å². The maximum absolute atomic E-state index is 13.0. The molecule has 1 heterocycles. The first-order valence-electron chi connectivity index (χ1n) is 15.7. The molecule has 1 aliphatic rings. The number of carbonyl (C=O) groups excluding carboxylic acids is 1. The average Bonchev–Trinajstić information content (AvgIpc) is 3.10. The summed E-state index contributed by atoms with van der Waals surface area (Å²) in [6.45, 7) is 5.20. The number of allylic oxidation sites excluding steroid dienone is 1. The zero-order valence-corrected chi connectivity index (χ0v) is 26.0. The van der Waals surface area contributed by atoms with Crippen molar-refractivity contribution in [2.24, 2.45) is 0 Å². The molecule has 1 saturated heterocycles. The molecule has 0 aliphatic carbocycles. The molecule has 4 aromatic rings. The number of benzene rings is 4. The summed E-state index contributed by atoms with van der Waals surface area (Å²) in [6, 6.07) is 39.6. The van der Waals surface area contributed by atoms with Crippen LogP contribution in [0.15, 0.2) is 134 Å². The Balaban J connectivity index is 1.44. The van der Waals surface area contributed by atoms with Gasteiger partial charge in [0.15, 0.2) is 0 Å². The SMILES string of the molecule is C=CCCC(=O)O[C@@H]1O[C@H](COCc2ccccc2)[C@@H](OCc2ccccc2)[C@H](OCc2ccccc2)[C@H]1OCc1ccccc1. The molecular formula is C39H42O7. The van der Waals surface area contributed by atoms with Gasteiger partial charge in [-0.05, 0) is 28.7 Å². The Kier molecular flexibility index (Phi) is 13.1. The molecule has 0 spiro atoms. The van der Waals surface area contributed by atoms with Gasteiger partial charge < -0.3 is 28.4 Å². The molecule has 0 amide bonds. The molecule has 46 heavy (non-hydrogen) atoms. The Bertz CT molecular complexity index is 1430. The van der Waals surface area contributed by atoms with Crippen molar-refractivity contribution in [3.05, 3.63) is 156 Å². The topological polar surface area (TPSA) is 72.5 Å². The lowest BCUT2D eigenvalue weighted by atomic mass is 9.97. The number of hydrogen-bond acceptors (Lipinski definition) is 7. The van der Waals surface area contributed by atoms with Crippen LogP contribution in [-0.2, 0) is 59.6 Å². The third kappa shape index (κ3) is 10.2. The summed E-state index contributed by atoms with van der Waals surface area (Å²) in [4.78, 5) is 13.0. The molecule has 240 valence electrons. The van der Waals surface area contributed by atoms with Gasteiger partial charge in [0.05, 0.1) is 33.0 Å². The van der Waals surface area contributed by atoms with Crippen molar-refractivity contribution in [2.75, 3.05) is 6.61 Å². The quantitative estimate of drug-likeness (QED) is 0.0912. The first kappa shape index (κ1) is 33.3. The van der Waals surface area contributed by atoms with Crippen molar-refractivity contribution in [1.82, 2.24) is 0 Å². The predicted molar refractivity (Wildman–Crippen MR) is 175 cm³/mol. The number of hydrogen-bond donors (Lipinski definition) is 0. The minimum Gasteiger partial charge on any atom is -0.433 e. The van der Waals surface area contributed by atoms with Crippen molar-refractivity contribution in [3.63, 3.8) is 0 Å². The van der Waals surface area contributed by atoms with Gasteiger partial charge in [0.2, 0.25) is 6.29 Å². The summed E-state index contributed by atoms with van der Waals surface area (Å²) < 4.78 is 38.5. The number of esters is 1. The van der Waals surface area contributed by atoms with Crippen molar-refractivity contribution >= 4 is 5.97 Å². The van der Waals surface area contributed by atoms with Gasteiger partial charge in [-0.25, -0.2) is 0 Å². The van der Waals surface area contributed by atoms with Gasteiger partial charge in [-0.15, -0.1) is 6.58 Å². The van der Waals surface area contributed by atoms with Crippen molar-refractivity contribution in [1.29, 1.82) is 0 Å². The summed E-state index contributed by atoms with van der Waals surface area (Å²) in [7, 11) is 0. The highest BCUT2D eigenvalue weighted by molar-refractivity contribution is 5.69. The van der Waals surface area contributed by atoms with Crippen LogP contribution in [0.5, 0.6) is 0 Å². The van der Waals surface area contributed by atoms with E-state index in [0.29, 0.717) is 26.2 Å². The fraction of sp³-hybridized carbons (Fsp3) is 0.308. The van der Waals surface area contributed by atoms with E-state index in [1.54, 1.807) is 6.08 Å². The number of carbonyl (C=O) groups is 1. The van der Waals surface area contributed by atoms with E-state index in [-0.39, 0.29) is 19.6 Å². The monoisotopic (exact) mass is 622 g/mol. The van der Waals surface area contributed by atoms with Crippen LogP contribution in [0.1, 0.15) is 35.1 Å². The molecule has 0 N–H and O–H groups in total. The maximum Gasteiger partial charge on any atom is 0.308 e. The standard InChI is InChI=1S/C39H42O7/c1-2-3-24-35(40)46-39-38(44-28-33-22-14-7-15-23-33)37(43-27-32-20-12-6-13-21-32)36(42-26-31-18-10-5-11-19-31)34(45-39)29-41-25-30-16-8-4-9-17-30/h2,4-23,34,36-39H,1,3,24-29H2/t34-,36-,37+,38-,39+/m1/s1. The molecule has 0 bridgehead atoms. The Morgan fingerprint density at radius 1 is 0.609 bits per heavy atom. The van der Waals surface area contributed by atoms with E-state index < -0.39 is 36.7 Å². The second-order valence-electron chi connectivity index (χ2n) is 11.1. The van der Waals surface area contributed by atoms with E-state index in [2.05, 4.69) is 6.58 Å². The molecule has 0 saturated carbocycles. The largest absolute Gasteiger partial charge is 0.433 e. The Labute approximate surface area is 271 Å². The Morgan fingerprint density at radius 3 is 1.52 bits per heavy atom. The third-order valence-corrected chi connectivity index (χ3v) is 7.64. The van der Waals surface area contributed by atoms with Crippen LogP contribution in [0.25, 0.3) is 0 Å². The molecule has 4 aromatic carbocycles. The summed E-state index contributed by atoms with van der Waals surface area (Å²) in [5, 5.41) is 0. The van der Waals surface area contributed by atoms with Gasteiger partial charge in [-0.3, -0.25) is 4.79 Å². The zero-order valence-electron chi connectivity index (χ0n) is 26.0. The molecule has 0 unspecified atom stereocenters. The zero-order chi connectivity index (χ0) is 31.8. The molecule has 0 aromatic heterocycles. The van der Waals surface area contributed by atoms with Crippen molar-refractivity contribution in [2.45, 2.75) is 70.0 Å². The Morgan fingerprint density at radius 2 is 1.04 bits per heavy atom. The van der Waals surface area contributed by atoms with Gasteiger partial charge in [-0.1, -0.05) is 127 Å². The number of ether oxygens (including phenoxy) is 6. The van der Waals surface area contributed by atoms with Crippen LogP contribution in [0.3, 0.4) is 0 Å². The highest BCUT2D eigenvalue weighted by Crippen LogP contribution is 2.32.